The van der Waals surface area contributed by atoms with E-state index < -0.39 is 0 Å². The summed E-state index contributed by atoms with van der Waals surface area (Å²) >= 11 is 0. The van der Waals surface area contributed by atoms with E-state index in [9.17, 15) is 9.59 Å². The van der Waals surface area contributed by atoms with Crippen LogP contribution in [-0.4, -0.2) is 27.3 Å². The number of nitrogens with one attached hydrogen (secondary N) is 1. The number of para-hydroxylation sites is 1. The van der Waals surface area contributed by atoms with Crippen LogP contribution in [0.5, 0.6) is 0 Å². The molecule has 4 rings (SSSR count). The first-order chi connectivity index (χ1) is 12.1. The molecule has 5 nitrogen and oxygen atoms in total. The maximum Gasteiger partial charge on any atom is 0.258 e. The minimum Gasteiger partial charge on any atom is -0.335 e. The molecule has 2 aliphatic rings. The number of carbonyl (C=O) groups excluding carboxylic acids is 1. The van der Waals surface area contributed by atoms with Crippen molar-refractivity contribution < 1.29 is 4.79 Å². The summed E-state index contributed by atoms with van der Waals surface area (Å²) < 4.78 is 0. The molecule has 0 radical (unpaired) electrons. The number of H-pyrrole nitrogens is 1. The van der Waals surface area contributed by atoms with Crippen LogP contribution in [0.1, 0.15) is 44.9 Å². The number of fused-ring (bicyclic) bond motifs is 3. The second kappa shape index (κ2) is 6.62. The SMILES string of the molecule is CCN(Cc1nc2ccccc2c(=O)[nH]1)C(=O)C[C@@H]1C[C@@H]2CC[C@@H]1C2. The molecule has 2 fully saturated rings. The van der Waals surface area contributed by atoms with Crippen molar-refractivity contribution in [1.29, 1.82) is 0 Å². The van der Waals surface area contributed by atoms with Gasteiger partial charge in [0.2, 0.25) is 5.91 Å². The molecule has 1 aromatic heterocycles. The van der Waals surface area contributed by atoms with Gasteiger partial charge < -0.3 is 9.88 Å². The highest BCUT2D eigenvalue weighted by molar-refractivity contribution is 5.78. The minimum atomic E-state index is -0.141. The van der Waals surface area contributed by atoms with Crippen LogP contribution < -0.4 is 5.56 Å². The first-order valence-electron chi connectivity index (χ1n) is 9.39. The molecule has 0 unspecified atom stereocenters. The quantitative estimate of drug-likeness (QED) is 0.910. The zero-order valence-corrected chi connectivity index (χ0v) is 14.7. The van der Waals surface area contributed by atoms with Crippen LogP contribution in [0.25, 0.3) is 10.9 Å². The summed E-state index contributed by atoms with van der Waals surface area (Å²) in [6.45, 7) is 2.99. The van der Waals surface area contributed by atoms with Gasteiger partial charge in [-0.1, -0.05) is 18.6 Å². The van der Waals surface area contributed by atoms with Crippen LogP contribution in [0, 0.1) is 17.8 Å². The standard InChI is InChI=1S/C20H25N3O2/c1-2-23(19(24)11-15-10-13-7-8-14(15)9-13)12-18-21-17-6-4-3-5-16(17)20(25)22-18/h3-6,13-15H,2,7-12H2,1H3,(H,21,22,25)/t13-,14-,15+/m1/s1. The molecule has 2 bridgehead atoms. The molecule has 1 N–H and O–H groups in total. The van der Waals surface area contributed by atoms with E-state index in [0.29, 0.717) is 42.2 Å². The summed E-state index contributed by atoms with van der Waals surface area (Å²) in [6, 6.07) is 7.30. The molecule has 25 heavy (non-hydrogen) atoms. The van der Waals surface area contributed by atoms with Crippen LogP contribution in [0.2, 0.25) is 0 Å². The summed E-state index contributed by atoms with van der Waals surface area (Å²) in [5.74, 6) is 2.93. The van der Waals surface area contributed by atoms with Crippen LogP contribution in [0.3, 0.4) is 0 Å². The third-order valence-corrected chi connectivity index (χ3v) is 6.06. The van der Waals surface area contributed by atoms with E-state index in [1.807, 2.05) is 30.0 Å². The number of rotatable bonds is 5. The van der Waals surface area contributed by atoms with Crippen LogP contribution in [0.4, 0.5) is 0 Å². The van der Waals surface area contributed by atoms with E-state index in [1.165, 1.54) is 25.7 Å². The molecule has 132 valence electrons. The van der Waals surface area contributed by atoms with Gasteiger partial charge in [0.25, 0.3) is 5.56 Å². The topological polar surface area (TPSA) is 66.1 Å². The first kappa shape index (κ1) is 16.3. The first-order valence-corrected chi connectivity index (χ1v) is 9.39. The van der Waals surface area contributed by atoms with Crippen molar-refractivity contribution in [3.63, 3.8) is 0 Å². The second-order valence-electron chi connectivity index (χ2n) is 7.58. The van der Waals surface area contributed by atoms with E-state index in [-0.39, 0.29) is 11.5 Å². The molecule has 2 saturated carbocycles. The molecular formula is C20H25N3O2. The monoisotopic (exact) mass is 339 g/mol. The highest BCUT2D eigenvalue weighted by atomic mass is 16.2. The van der Waals surface area contributed by atoms with Gasteiger partial charge in [0.15, 0.2) is 0 Å². The maximum absolute atomic E-state index is 12.8. The molecule has 0 saturated heterocycles. The fourth-order valence-corrected chi connectivity index (χ4v) is 4.75. The average Bonchev–Trinajstić information content (AvgIpc) is 3.22. The molecule has 2 aromatic rings. The van der Waals surface area contributed by atoms with Gasteiger partial charge in [-0.05, 0) is 56.1 Å². The highest BCUT2D eigenvalue weighted by Crippen LogP contribution is 2.49. The lowest BCUT2D eigenvalue weighted by atomic mass is 9.86. The summed E-state index contributed by atoms with van der Waals surface area (Å²) in [4.78, 5) is 34.1. The Morgan fingerprint density at radius 1 is 1.28 bits per heavy atom. The summed E-state index contributed by atoms with van der Waals surface area (Å²) in [5, 5.41) is 0.586. The number of amides is 1. The molecule has 3 atom stereocenters. The fraction of sp³-hybridized carbons (Fsp3) is 0.550. The van der Waals surface area contributed by atoms with Gasteiger partial charge in [0.05, 0.1) is 17.4 Å². The zero-order chi connectivity index (χ0) is 17.4. The number of nitrogens with zero attached hydrogens (tertiary/aromatic N) is 2. The van der Waals surface area contributed by atoms with Crippen molar-refractivity contribution in [3.8, 4) is 0 Å². The van der Waals surface area contributed by atoms with E-state index in [1.54, 1.807) is 6.07 Å². The lowest BCUT2D eigenvalue weighted by Gasteiger charge is -2.26. The van der Waals surface area contributed by atoms with Gasteiger partial charge >= 0.3 is 0 Å². The summed E-state index contributed by atoms with van der Waals surface area (Å²) in [6.07, 6.45) is 5.85. The Bertz CT molecular complexity index is 844. The van der Waals surface area contributed by atoms with E-state index in [0.717, 1.165) is 11.8 Å². The molecule has 5 heteroatoms. The van der Waals surface area contributed by atoms with Crippen LogP contribution in [0.15, 0.2) is 29.1 Å². The normalized spacial score (nSPS) is 24.8. The van der Waals surface area contributed by atoms with Crippen molar-refractivity contribution in [2.24, 2.45) is 17.8 Å². The number of hydrogen-bond donors (Lipinski definition) is 1. The largest absolute Gasteiger partial charge is 0.335 e. The number of hydrogen-bond acceptors (Lipinski definition) is 3. The molecule has 0 aliphatic heterocycles. The van der Waals surface area contributed by atoms with Crippen LogP contribution >= 0.6 is 0 Å². The predicted molar refractivity (Wildman–Crippen MR) is 97.0 cm³/mol. The molecule has 2 aliphatic carbocycles. The third kappa shape index (κ3) is 3.20. The minimum absolute atomic E-state index is 0.141. The van der Waals surface area contributed by atoms with Crippen molar-refractivity contribution >= 4 is 16.8 Å². The van der Waals surface area contributed by atoms with Crippen molar-refractivity contribution in [2.45, 2.75) is 45.6 Å². The lowest BCUT2D eigenvalue weighted by Crippen LogP contribution is -2.33. The number of benzene rings is 1. The molecular weight excluding hydrogens is 314 g/mol. The maximum atomic E-state index is 12.8. The van der Waals surface area contributed by atoms with Gasteiger partial charge in [-0.2, -0.15) is 0 Å². The number of carbonyl (C=O) groups is 1. The van der Waals surface area contributed by atoms with Gasteiger partial charge in [-0.15, -0.1) is 0 Å². The summed E-state index contributed by atoms with van der Waals surface area (Å²) in [5.41, 5.74) is 0.537. The van der Waals surface area contributed by atoms with E-state index >= 15 is 0 Å². The van der Waals surface area contributed by atoms with Gasteiger partial charge in [-0.25, -0.2) is 4.98 Å². The second-order valence-corrected chi connectivity index (χ2v) is 7.58. The Morgan fingerprint density at radius 3 is 2.84 bits per heavy atom. The van der Waals surface area contributed by atoms with Gasteiger partial charge in [0, 0.05) is 13.0 Å². The molecule has 0 spiro atoms. The zero-order valence-electron chi connectivity index (χ0n) is 14.7. The third-order valence-electron chi connectivity index (χ3n) is 6.06. The Balaban J connectivity index is 1.48. The smallest absolute Gasteiger partial charge is 0.258 e. The Kier molecular flexibility index (Phi) is 4.32. The molecule has 1 heterocycles. The molecule has 1 amide bonds. The van der Waals surface area contributed by atoms with Crippen molar-refractivity contribution in [2.75, 3.05) is 6.54 Å². The predicted octanol–water partition coefficient (Wildman–Crippen LogP) is 3.10. The fourth-order valence-electron chi connectivity index (χ4n) is 4.75. The van der Waals surface area contributed by atoms with Crippen LogP contribution in [-0.2, 0) is 11.3 Å². The van der Waals surface area contributed by atoms with Crippen molar-refractivity contribution in [3.05, 3.63) is 40.4 Å². The van der Waals surface area contributed by atoms with Gasteiger partial charge in [0.1, 0.15) is 5.82 Å². The highest BCUT2D eigenvalue weighted by Gasteiger charge is 2.40. The average molecular weight is 339 g/mol. The Hall–Kier alpha value is -2.17. The number of aromatic amines is 1. The van der Waals surface area contributed by atoms with E-state index in [2.05, 4.69) is 9.97 Å². The molecule has 1 aromatic carbocycles. The van der Waals surface area contributed by atoms with Gasteiger partial charge in [-0.3, -0.25) is 9.59 Å². The lowest BCUT2D eigenvalue weighted by molar-refractivity contribution is -0.133. The number of aromatic nitrogens is 2. The Labute approximate surface area is 147 Å². The van der Waals surface area contributed by atoms with E-state index in [4.69, 9.17) is 0 Å². The van der Waals surface area contributed by atoms with Crippen molar-refractivity contribution in [1.82, 2.24) is 14.9 Å². The Morgan fingerprint density at radius 2 is 2.12 bits per heavy atom. The summed E-state index contributed by atoms with van der Waals surface area (Å²) in [7, 11) is 0.